The molecule has 0 heterocycles. The highest BCUT2D eigenvalue weighted by atomic mass is 35.5. The van der Waals surface area contributed by atoms with Gasteiger partial charge in [-0.15, -0.1) is 0 Å². The van der Waals surface area contributed by atoms with Crippen molar-refractivity contribution in [1.29, 1.82) is 0 Å². The van der Waals surface area contributed by atoms with Crippen LogP contribution in [0.15, 0.2) is 171 Å². The normalized spacial score (nSPS) is 11.5. The molecule has 8 heteroatoms. The molecule has 6 rings (SSSR count). The van der Waals surface area contributed by atoms with Gasteiger partial charge in [-0.1, -0.05) is 170 Å². The molecule has 0 aromatic heterocycles. The Hall–Kier alpha value is -4.56. The fraction of sp³-hybridized carbons (Fsp3) is 0.0476. The molecule has 0 fully saturated rings. The molecular weight excluding hydrogens is 701 g/mol. The van der Waals surface area contributed by atoms with Gasteiger partial charge in [0.05, 0.1) is 10.0 Å². The van der Waals surface area contributed by atoms with Gasteiger partial charge in [0.2, 0.25) is 0 Å². The van der Waals surface area contributed by atoms with E-state index in [0.29, 0.717) is 43.0 Å². The van der Waals surface area contributed by atoms with E-state index in [9.17, 15) is 0 Å². The highest BCUT2D eigenvalue weighted by Gasteiger charge is 2.40. The second-order valence-electron chi connectivity index (χ2n) is 11.3. The third-order valence-electron chi connectivity index (χ3n) is 8.27. The first kappa shape index (κ1) is 35.3. The van der Waals surface area contributed by atoms with Crippen LogP contribution in [0.5, 0.6) is 11.5 Å². The maximum absolute atomic E-state index is 16.2. The third kappa shape index (κ3) is 6.53. The lowest BCUT2D eigenvalue weighted by Crippen LogP contribution is -2.30. The van der Waals surface area contributed by atoms with Crippen LogP contribution in [0.25, 0.3) is 11.1 Å². The van der Waals surface area contributed by atoms with Crippen LogP contribution in [0.1, 0.15) is 0 Å². The minimum absolute atomic E-state index is 0.0882. The van der Waals surface area contributed by atoms with Gasteiger partial charge < -0.3 is 18.6 Å². The Bertz CT molecular complexity index is 1980. The first-order valence-corrected chi connectivity index (χ1v) is 20.1. The van der Waals surface area contributed by atoms with E-state index >= 15 is 9.13 Å². The standard InChI is InChI=1S/C42H34Cl2O4P2/c1-3-29-47-41-35(43)25-27-37(49(45,31-17-9-5-10-18-31)32-19-11-6-12-20-32)39(41)40-38(28-26-36(44)42(40)48-30-4-2)50(46,33-21-13-7-14-22-33)34-23-15-8-16-24-34/h3-28H,1-2,29-30H2. The Labute approximate surface area is 303 Å². The van der Waals surface area contributed by atoms with Gasteiger partial charge in [0.25, 0.3) is 0 Å². The van der Waals surface area contributed by atoms with Gasteiger partial charge in [-0.2, -0.15) is 0 Å². The SMILES string of the molecule is C=CCOc1c(Cl)ccc(P(=O)(c2ccccc2)c2ccccc2)c1-c1c(P(=O)(c2ccccc2)c2ccccc2)ccc(Cl)c1OCC=C. The predicted octanol–water partition coefficient (Wildman–Crippen LogP) is 9.07. The maximum Gasteiger partial charge on any atom is 0.171 e. The monoisotopic (exact) mass is 734 g/mol. The molecule has 250 valence electrons. The molecule has 50 heavy (non-hydrogen) atoms. The van der Waals surface area contributed by atoms with Crippen molar-refractivity contribution in [2.24, 2.45) is 0 Å². The van der Waals surface area contributed by atoms with E-state index in [1.807, 2.05) is 121 Å². The molecule has 6 aromatic rings. The van der Waals surface area contributed by atoms with Crippen LogP contribution >= 0.6 is 37.5 Å². The zero-order valence-corrected chi connectivity index (χ0v) is 30.4. The average Bonchev–Trinajstić information content (AvgIpc) is 3.17. The zero-order chi connectivity index (χ0) is 35.1. The molecule has 0 spiro atoms. The summed E-state index contributed by atoms with van der Waals surface area (Å²) >= 11 is 14.0. The first-order valence-electron chi connectivity index (χ1n) is 15.9. The Kier molecular flexibility index (Phi) is 11.0. The molecule has 4 nitrogen and oxygen atoms in total. The van der Waals surface area contributed by atoms with Crippen LogP contribution < -0.4 is 41.3 Å². The average molecular weight is 736 g/mol. The van der Waals surface area contributed by atoms with E-state index in [-0.39, 0.29) is 34.8 Å². The molecule has 0 aliphatic heterocycles. The number of ether oxygens (including phenoxy) is 2. The van der Waals surface area contributed by atoms with Crippen LogP contribution in [-0.2, 0) is 9.13 Å². The molecule has 0 radical (unpaired) electrons. The lowest BCUT2D eigenvalue weighted by Gasteiger charge is -2.29. The van der Waals surface area contributed by atoms with Crippen molar-refractivity contribution in [3.05, 3.63) is 181 Å². The van der Waals surface area contributed by atoms with E-state index in [4.69, 9.17) is 32.7 Å². The molecule has 0 aliphatic rings. The van der Waals surface area contributed by atoms with E-state index < -0.39 is 14.3 Å². The summed E-state index contributed by atoms with van der Waals surface area (Å²) in [6.07, 6.45) is 3.21. The molecule has 0 saturated heterocycles. The number of benzene rings is 6. The predicted molar refractivity (Wildman–Crippen MR) is 212 cm³/mol. The second kappa shape index (κ2) is 15.5. The van der Waals surface area contributed by atoms with E-state index in [0.717, 1.165) is 0 Å². The van der Waals surface area contributed by atoms with Gasteiger partial charge in [0.15, 0.2) is 14.3 Å². The Morgan fingerprint density at radius 2 is 0.740 bits per heavy atom. The van der Waals surface area contributed by atoms with Gasteiger partial charge in [0.1, 0.15) is 24.7 Å². The molecule has 0 saturated carbocycles. The quantitative estimate of drug-likeness (QED) is 0.0878. The fourth-order valence-corrected chi connectivity index (χ4v) is 12.2. The van der Waals surface area contributed by atoms with Crippen molar-refractivity contribution in [2.45, 2.75) is 0 Å². The lowest BCUT2D eigenvalue weighted by atomic mass is 10.0. The number of hydrogen-bond acceptors (Lipinski definition) is 4. The van der Waals surface area contributed by atoms with E-state index in [2.05, 4.69) is 13.2 Å². The highest BCUT2D eigenvalue weighted by molar-refractivity contribution is 7.86. The molecule has 0 aliphatic carbocycles. The smallest absolute Gasteiger partial charge is 0.171 e. The molecule has 0 unspecified atom stereocenters. The Balaban J connectivity index is 1.85. The van der Waals surface area contributed by atoms with E-state index in [1.54, 1.807) is 36.4 Å². The second-order valence-corrected chi connectivity index (χ2v) is 17.6. The van der Waals surface area contributed by atoms with E-state index in [1.165, 1.54) is 0 Å². The van der Waals surface area contributed by atoms with Gasteiger partial charge in [-0.3, -0.25) is 0 Å². The summed E-state index contributed by atoms with van der Waals surface area (Å²) in [5.41, 5.74) is 0.720. The van der Waals surface area contributed by atoms with Crippen molar-refractivity contribution in [3.8, 4) is 22.6 Å². The molecular formula is C42H34Cl2O4P2. The molecule has 0 atom stereocenters. The summed E-state index contributed by atoms with van der Waals surface area (Å²) in [7, 11) is -7.42. The Morgan fingerprint density at radius 1 is 0.460 bits per heavy atom. The van der Waals surface area contributed by atoms with Crippen molar-refractivity contribution in [3.63, 3.8) is 0 Å². The Morgan fingerprint density at radius 3 is 1.00 bits per heavy atom. The topological polar surface area (TPSA) is 52.6 Å². The summed E-state index contributed by atoms with van der Waals surface area (Å²) in [6.45, 7) is 7.89. The minimum Gasteiger partial charge on any atom is -0.487 e. The molecule has 6 aromatic carbocycles. The summed E-state index contributed by atoms with van der Waals surface area (Å²) < 4.78 is 45.1. The lowest BCUT2D eigenvalue weighted by molar-refractivity contribution is 0.360. The largest absolute Gasteiger partial charge is 0.487 e. The van der Waals surface area contributed by atoms with Gasteiger partial charge in [-0.05, 0) is 24.3 Å². The van der Waals surface area contributed by atoms with Crippen molar-refractivity contribution in [1.82, 2.24) is 0 Å². The minimum atomic E-state index is -3.71. The highest BCUT2D eigenvalue weighted by Crippen LogP contribution is 2.55. The number of halogens is 2. The summed E-state index contributed by atoms with van der Waals surface area (Å²) in [5.74, 6) is 0.464. The van der Waals surface area contributed by atoms with Gasteiger partial charge in [-0.25, -0.2) is 0 Å². The first-order chi connectivity index (χ1) is 24.3. The van der Waals surface area contributed by atoms with Gasteiger partial charge >= 0.3 is 0 Å². The summed E-state index contributed by atoms with van der Waals surface area (Å²) in [6, 6.07) is 44.1. The van der Waals surface area contributed by atoms with Crippen LogP contribution in [0, 0.1) is 0 Å². The molecule has 0 N–H and O–H groups in total. The maximum atomic E-state index is 16.2. The summed E-state index contributed by atoms with van der Waals surface area (Å²) in [5, 5.41) is 3.72. The van der Waals surface area contributed by atoms with Gasteiger partial charge in [0, 0.05) is 43.0 Å². The van der Waals surface area contributed by atoms with Crippen molar-refractivity contribution in [2.75, 3.05) is 13.2 Å². The number of hydrogen-bond donors (Lipinski definition) is 0. The molecule has 0 amide bonds. The van der Waals surface area contributed by atoms with Crippen molar-refractivity contribution >= 4 is 69.3 Å². The number of rotatable bonds is 13. The molecule has 0 bridgehead atoms. The fourth-order valence-electron chi connectivity index (χ4n) is 6.07. The zero-order valence-electron chi connectivity index (χ0n) is 27.1. The van der Waals surface area contributed by atoms with Crippen LogP contribution in [0.4, 0.5) is 0 Å². The third-order valence-corrected chi connectivity index (χ3v) is 15.1. The van der Waals surface area contributed by atoms with Crippen LogP contribution in [0.3, 0.4) is 0 Å². The van der Waals surface area contributed by atoms with Crippen molar-refractivity contribution < 1.29 is 18.6 Å². The van der Waals surface area contributed by atoms with Crippen LogP contribution in [-0.4, -0.2) is 13.2 Å². The van der Waals surface area contributed by atoms with Crippen LogP contribution in [0.2, 0.25) is 10.0 Å². The summed E-state index contributed by atoms with van der Waals surface area (Å²) in [4.78, 5) is 0.